The molecule has 0 aromatic carbocycles. The van der Waals surface area contributed by atoms with Gasteiger partial charge in [0.2, 0.25) is 0 Å². The van der Waals surface area contributed by atoms with Gasteiger partial charge < -0.3 is 1.43 Å². The summed E-state index contributed by atoms with van der Waals surface area (Å²) in [5.74, 6) is 0. The fraction of sp³-hybridized carbons (Fsp3) is 1.00. The zero-order valence-corrected chi connectivity index (χ0v) is 7.48. The van der Waals surface area contributed by atoms with Gasteiger partial charge in [-0.2, -0.15) is 8.42 Å². The van der Waals surface area contributed by atoms with Crippen LogP contribution in [0.25, 0.3) is 0 Å². The van der Waals surface area contributed by atoms with Crippen molar-refractivity contribution in [2.45, 2.75) is 18.1 Å². The van der Waals surface area contributed by atoms with Crippen molar-refractivity contribution < 1.29 is 44.0 Å². The van der Waals surface area contributed by atoms with E-state index in [0.717, 1.165) is 0 Å². The Morgan fingerprint density at radius 2 is 1.88 bits per heavy atom. The van der Waals surface area contributed by atoms with Crippen molar-refractivity contribution in [3.05, 3.63) is 0 Å². The molecule has 5 heteroatoms. The van der Waals surface area contributed by atoms with E-state index in [1.165, 1.54) is 0 Å². The van der Waals surface area contributed by atoms with Crippen LogP contribution in [0, 0.1) is 0 Å². The van der Waals surface area contributed by atoms with Gasteiger partial charge in [-0.3, -0.25) is 4.55 Å². The Bertz CT molecular complexity index is 162. The molecule has 1 fully saturated rings. The Morgan fingerprint density at radius 1 is 1.50 bits per heavy atom. The van der Waals surface area contributed by atoms with Gasteiger partial charge in [0.15, 0.2) is 0 Å². The second-order valence-corrected chi connectivity index (χ2v) is 3.41. The fourth-order valence-electron chi connectivity index (χ4n) is 0.366. The smallest absolute Gasteiger partial charge is 1.00 e. The molecule has 3 nitrogen and oxygen atoms in total. The average molecular weight is 146 g/mol. The van der Waals surface area contributed by atoms with Crippen molar-refractivity contribution in [2.24, 2.45) is 0 Å². The monoisotopic (exact) mass is 146 g/mol. The molecule has 0 bridgehead atoms. The third kappa shape index (κ3) is 2.46. The molecule has 0 spiro atoms. The van der Waals surface area contributed by atoms with Crippen LogP contribution in [0.5, 0.6) is 0 Å². The standard InChI is InChI=1S/C3H6O3S.Na.H/c4-7(5,6)3-1-2-3;;/h3H,1-2H2,(H,4,5,6);;/q;+1;-1. The van der Waals surface area contributed by atoms with Gasteiger partial charge in [-0.05, 0) is 12.8 Å². The van der Waals surface area contributed by atoms with Crippen LogP contribution < -0.4 is 29.6 Å². The van der Waals surface area contributed by atoms with Crippen molar-refractivity contribution in [1.29, 1.82) is 0 Å². The Balaban J connectivity index is 0. The molecule has 0 aliphatic heterocycles. The van der Waals surface area contributed by atoms with E-state index in [-0.39, 0.29) is 31.0 Å². The SMILES string of the molecule is O=S(=O)(O)C1CC1.[H-].[Na+]. The third-order valence-corrected chi connectivity index (χ3v) is 2.26. The van der Waals surface area contributed by atoms with Crippen molar-refractivity contribution in [3.8, 4) is 0 Å². The summed E-state index contributed by atoms with van der Waals surface area (Å²) < 4.78 is 28.0. The normalized spacial score (nSPS) is 19.6. The second-order valence-electron chi connectivity index (χ2n) is 1.71. The minimum Gasteiger partial charge on any atom is -1.00 e. The van der Waals surface area contributed by atoms with Crippen molar-refractivity contribution in [2.75, 3.05) is 0 Å². The molecule has 8 heavy (non-hydrogen) atoms. The molecule has 1 saturated carbocycles. The van der Waals surface area contributed by atoms with Gasteiger partial charge in [0.1, 0.15) is 0 Å². The summed E-state index contributed by atoms with van der Waals surface area (Å²) in [5.41, 5.74) is 0. The molecule has 1 aliphatic rings. The minimum absolute atomic E-state index is 0. The molecule has 0 aromatic heterocycles. The van der Waals surface area contributed by atoms with E-state index in [9.17, 15) is 8.42 Å². The van der Waals surface area contributed by atoms with Crippen LogP contribution in [0.15, 0.2) is 0 Å². The first kappa shape index (κ1) is 8.91. The molecule has 44 valence electrons. The molecule has 0 unspecified atom stereocenters. The Hall–Kier alpha value is 0.910. The molecule has 1 rings (SSSR count). The summed E-state index contributed by atoms with van der Waals surface area (Å²) in [6, 6.07) is 0. The van der Waals surface area contributed by atoms with E-state index < -0.39 is 15.4 Å². The van der Waals surface area contributed by atoms with Gasteiger partial charge >= 0.3 is 29.6 Å². The average Bonchev–Trinajstić information content (AvgIpc) is 1.99. The largest absolute Gasteiger partial charge is 1.00 e. The molecule has 0 aromatic rings. The molecule has 0 amide bonds. The van der Waals surface area contributed by atoms with Crippen LogP contribution in [0.1, 0.15) is 14.3 Å². The number of rotatable bonds is 1. The van der Waals surface area contributed by atoms with Gasteiger partial charge in [0.25, 0.3) is 10.1 Å². The van der Waals surface area contributed by atoms with Crippen LogP contribution in [0.3, 0.4) is 0 Å². The van der Waals surface area contributed by atoms with Gasteiger partial charge in [-0.25, -0.2) is 0 Å². The summed E-state index contributed by atoms with van der Waals surface area (Å²) in [5, 5.41) is -0.424. The third-order valence-electron chi connectivity index (χ3n) is 0.946. The summed E-state index contributed by atoms with van der Waals surface area (Å²) in [7, 11) is -3.63. The van der Waals surface area contributed by atoms with E-state index in [1.807, 2.05) is 0 Å². The van der Waals surface area contributed by atoms with Gasteiger partial charge in [-0.15, -0.1) is 0 Å². The molecular formula is C3H7NaO3S. The summed E-state index contributed by atoms with van der Waals surface area (Å²) in [4.78, 5) is 0. The maximum Gasteiger partial charge on any atom is 1.00 e. The van der Waals surface area contributed by atoms with Crippen molar-refractivity contribution in [1.82, 2.24) is 0 Å². The van der Waals surface area contributed by atoms with Crippen LogP contribution in [0.4, 0.5) is 0 Å². The predicted octanol–water partition coefficient (Wildman–Crippen LogP) is -2.85. The van der Waals surface area contributed by atoms with Gasteiger partial charge in [0.05, 0.1) is 5.25 Å². The van der Waals surface area contributed by atoms with Crippen molar-refractivity contribution in [3.63, 3.8) is 0 Å². The molecule has 1 aliphatic carbocycles. The van der Waals surface area contributed by atoms with E-state index in [1.54, 1.807) is 0 Å². The zero-order chi connectivity index (χ0) is 5.49. The van der Waals surface area contributed by atoms with Crippen molar-refractivity contribution >= 4 is 10.1 Å². The maximum atomic E-state index is 9.95. The minimum atomic E-state index is -3.63. The van der Waals surface area contributed by atoms with Crippen LogP contribution in [0.2, 0.25) is 0 Å². The topological polar surface area (TPSA) is 54.4 Å². The van der Waals surface area contributed by atoms with Crippen LogP contribution >= 0.6 is 0 Å². The quantitative estimate of drug-likeness (QED) is 0.320. The molecule has 1 N–H and O–H groups in total. The van der Waals surface area contributed by atoms with Crippen LogP contribution in [-0.2, 0) is 10.1 Å². The van der Waals surface area contributed by atoms with E-state index in [4.69, 9.17) is 4.55 Å². The molecule has 0 atom stereocenters. The first-order valence-corrected chi connectivity index (χ1v) is 3.57. The fourth-order valence-corrected chi connectivity index (χ4v) is 1.10. The maximum absolute atomic E-state index is 9.95. The Morgan fingerprint density at radius 3 is 1.88 bits per heavy atom. The summed E-state index contributed by atoms with van der Waals surface area (Å²) in [6.07, 6.45) is 1.28. The Labute approximate surface area is 72.0 Å². The number of hydrogen-bond donors (Lipinski definition) is 1. The second kappa shape index (κ2) is 2.66. The van der Waals surface area contributed by atoms with E-state index >= 15 is 0 Å². The predicted molar refractivity (Wildman–Crippen MR) is 25.7 cm³/mol. The first-order valence-electron chi connectivity index (χ1n) is 2.07. The molecule has 0 heterocycles. The Kier molecular flexibility index (Phi) is 2.97. The summed E-state index contributed by atoms with van der Waals surface area (Å²) >= 11 is 0. The van der Waals surface area contributed by atoms with Crippen LogP contribution in [-0.4, -0.2) is 18.2 Å². The zero-order valence-electron chi connectivity index (χ0n) is 5.66. The van der Waals surface area contributed by atoms with E-state index in [0.29, 0.717) is 12.8 Å². The van der Waals surface area contributed by atoms with E-state index in [2.05, 4.69) is 0 Å². The van der Waals surface area contributed by atoms with Gasteiger partial charge in [-0.1, -0.05) is 0 Å². The summed E-state index contributed by atoms with van der Waals surface area (Å²) in [6.45, 7) is 0. The molecule has 0 radical (unpaired) electrons. The molecular weight excluding hydrogens is 139 g/mol. The molecule has 0 saturated heterocycles. The number of hydrogen-bond acceptors (Lipinski definition) is 2. The first-order chi connectivity index (χ1) is 3.11. The van der Waals surface area contributed by atoms with Gasteiger partial charge in [0, 0.05) is 0 Å².